The van der Waals surface area contributed by atoms with Gasteiger partial charge in [-0.25, -0.2) is 0 Å². The van der Waals surface area contributed by atoms with E-state index >= 15 is 0 Å². The Hall–Kier alpha value is -0.340. The normalized spacial score (nSPS) is 22.4. The van der Waals surface area contributed by atoms with Crippen LogP contribution in [0.1, 0.15) is 50.5 Å². The Bertz CT molecular complexity index is 402. The highest BCUT2D eigenvalue weighted by Gasteiger charge is 2.34. The van der Waals surface area contributed by atoms with Crippen molar-refractivity contribution in [1.29, 1.82) is 0 Å². The lowest BCUT2D eigenvalue weighted by Gasteiger charge is -2.38. The number of rotatable bonds is 5. The molecule has 2 aliphatic carbocycles. The molecule has 0 atom stereocenters. The van der Waals surface area contributed by atoms with Crippen LogP contribution in [0.15, 0.2) is 28.7 Å². The molecule has 0 unspecified atom stereocenters. The summed E-state index contributed by atoms with van der Waals surface area (Å²) >= 11 is 3.53. The highest BCUT2D eigenvalue weighted by molar-refractivity contribution is 9.10. The van der Waals surface area contributed by atoms with Gasteiger partial charge in [-0.05, 0) is 55.2 Å². The van der Waals surface area contributed by atoms with Gasteiger partial charge in [0, 0.05) is 17.1 Å². The Labute approximate surface area is 125 Å². The minimum absolute atomic E-state index is 0.522. The summed E-state index contributed by atoms with van der Waals surface area (Å²) < 4.78 is 1.19. The van der Waals surface area contributed by atoms with Gasteiger partial charge in [-0.2, -0.15) is 0 Å². The summed E-state index contributed by atoms with van der Waals surface area (Å²) in [5.74, 6) is 0. The van der Waals surface area contributed by atoms with Gasteiger partial charge in [0.05, 0.1) is 0 Å². The largest absolute Gasteiger partial charge is 0.313 e. The summed E-state index contributed by atoms with van der Waals surface area (Å²) in [5, 5.41) is 3.79. The molecule has 19 heavy (non-hydrogen) atoms. The standard InChI is InChI=1S/C17H24BrN/c18-15-6-4-14(5-7-15)12-17(10-2-1-3-11-17)13-19-16-8-9-16/h4-7,16,19H,1-3,8-13H2. The van der Waals surface area contributed by atoms with Crippen LogP contribution in [0.3, 0.4) is 0 Å². The van der Waals surface area contributed by atoms with E-state index < -0.39 is 0 Å². The fourth-order valence-electron chi connectivity index (χ4n) is 3.40. The molecule has 0 aliphatic heterocycles. The van der Waals surface area contributed by atoms with Crippen LogP contribution in [-0.4, -0.2) is 12.6 Å². The number of nitrogens with one attached hydrogen (secondary N) is 1. The first-order valence-corrected chi connectivity index (χ1v) is 8.53. The Morgan fingerprint density at radius 1 is 1.05 bits per heavy atom. The molecule has 0 amide bonds. The van der Waals surface area contributed by atoms with Crippen LogP contribution < -0.4 is 5.32 Å². The van der Waals surface area contributed by atoms with Crippen LogP contribution >= 0.6 is 15.9 Å². The summed E-state index contributed by atoms with van der Waals surface area (Å²) in [4.78, 5) is 0. The van der Waals surface area contributed by atoms with Crippen molar-refractivity contribution in [3.05, 3.63) is 34.3 Å². The molecule has 0 spiro atoms. The van der Waals surface area contributed by atoms with E-state index in [4.69, 9.17) is 0 Å². The lowest BCUT2D eigenvalue weighted by Crippen LogP contribution is -2.38. The monoisotopic (exact) mass is 321 g/mol. The molecule has 2 saturated carbocycles. The van der Waals surface area contributed by atoms with Gasteiger partial charge in [-0.3, -0.25) is 0 Å². The van der Waals surface area contributed by atoms with Gasteiger partial charge in [0.25, 0.3) is 0 Å². The van der Waals surface area contributed by atoms with Crippen LogP contribution in [0.2, 0.25) is 0 Å². The van der Waals surface area contributed by atoms with Crippen LogP contribution in [0.25, 0.3) is 0 Å². The quantitative estimate of drug-likeness (QED) is 0.829. The fraction of sp³-hybridized carbons (Fsp3) is 0.647. The molecule has 3 rings (SSSR count). The molecule has 1 aromatic carbocycles. The van der Waals surface area contributed by atoms with Crippen LogP contribution in [-0.2, 0) is 6.42 Å². The first-order valence-electron chi connectivity index (χ1n) is 7.74. The van der Waals surface area contributed by atoms with Crippen molar-refractivity contribution in [3.8, 4) is 0 Å². The minimum atomic E-state index is 0.522. The van der Waals surface area contributed by atoms with Gasteiger partial charge in [0.1, 0.15) is 0 Å². The smallest absolute Gasteiger partial charge is 0.0175 e. The first-order chi connectivity index (χ1) is 9.26. The lowest BCUT2D eigenvalue weighted by atomic mass is 9.70. The molecule has 0 heterocycles. The van der Waals surface area contributed by atoms with Gasteiger partial charge in [-0.1, -0.05) is 47.3 Å². The summed E-state index contributed by atoms with van der Waals surface area (Å²) in [6, 6.07) is 9.78. The maximum atomic E-state index is 3.79. The number of hydrogen-bond donors (Lipinski definition) is 1. The minimum Gasteiger partial charge on any atom is -0.313 e. The maximum Gasteiger partial charge on any atom is 0.0175 e. The highest BCUT2D eigenvalue weighted by atomic mass is 79.9. The van der Waals surface area contributed by atoms with E-state index in [1.165, 1.54) is 67.9 Å². The number of hydrogen-bond acceptors (Lipinski definition) is 1. The van der Waals surface area contributed by atoms with E-state index in [0.717, 1.165) is 6.04 Å². The van der Waals surface area contributed by atoms with Gasteiger partial charge in [0.2, 0.25) is 0 Å². The molecular formula is C17H24BrN. The van der Waals surface area contributed by atoms with Crippen LogP contribution in [0, 0.1) is 5.41 Å². The molecule has 2 fully saturated rings. The van der Waals surface area contributed by atoms with E-state index in [1.54, 1.807) is 0 Å². The predicted octanol–water partition coefficient (Wildman–Crippen LogP) is 4.69. The lowest BCUT2D eigenvalue weighted by molar-refractivity contribution is 0.180. The third-order valence-electron chi connectivity index (χ3n) is 4.75. The molecule has 0 saturated heterocycles. The average Bonchev–Trinajstić information content (AvgIpc) is 3.25. The molecule has 0 bridgehead atoms. The highest BCUT2D eigenvalue weighted by Crippen LogP contribution is 2.39. The third-order valence-corrected chi connectivity index (χ3v) is 5.28. The van der Waals surface area contributed by atoms with Crippen LogP contribution in [0.4, 0.5) is 0 Å². The van der Waals surface area contributed by atoms with Crippen molar-refractivity contribution < 1.29 is 0 Å². The molecule has 1 aromatic rings. The molecule has 0 aromatic heterocycles. The number of halogens is 1. The maximum absolute atomic E-state index is 3.79. The Morgan fingerprint density at radius 3 is 2.37 bits per heavy atom. The zero-order valence-corrected chi connectivity index (χ0v) is 13.2. The van der Waals surface area contributed by atoms with Crippen molar-refractivity contribution in [2.24, 2.45) is 5.41 Å². The average molecular weight is 322 g/mol. The SMILES string of the molecule is Brc1ccc(CC2(CNC3CC3)CCCCC2)cc1. The molecule has 104 valence electrons. The first kappa shape index (κ1) is 13.6. The van der Waals surface area contributed by atoms with E-state index in [-0.39, 0.29) is 0 Å². The van der Waals surface area contributed by atoms with Crippen molar-refractivity contribution in [2.75, 3.05) is 6.54 Å². The van der Waals surface area contributed by atoms with Crippen molar-refractivity contribution in [2.45, 2.75) is 57.4 Å². The summed E-state index contributed by atoms with van der Waals surface area (Å²) in [7, 11) is 0. The molecular weight excluding hydrogens is 298 g/mol. The van der Waals surface area contributed by atoms with Crippen LogP contribution in [0.5, 0.6) is 0 Å². The van der Waals surface area contributed by atoms with Crippen molar-refractivity contribution >= 4 is 15.9 Å². The molecule has 2 aliphatic rings. The van der Waals surface area contributed by atoms with Crippen molar-refractivity contribution in [1.82, 2.24) is 5.32 Å². The Kier molecular flexibility index (Phi) is 4.28. The van der Waals surface area contributed by atoms with Gasteiger partial charge in [0.15, 0.2) is 0 Å². The van der Waals surface area contributed by atoms with Gasteiger partial charge >= 0.3 is 0 Å². The van der Waals surface area contributed by atoms with Crippen molar-refractivity contribution in [3.63, 3.8) is 0 Å². The molecule has 1 nitrogen and oxygen atoms in total. The van der Waals surface area contributed by atoms with E-state index in [9.17, 15) is 0 Å². The third kappa shape index (κ3) is 3.82. The Balaban J connectivity index is 1.68. The second-order valence-corrected chi connectivity index (χ2v) is 7.43. The summed E-state index contributed by atoms with van der Waals surface area (Å²) in [5.41, 5.74) is 2.02. The van der Waals surface area contributed by atoms with Gasteiger partial charge in [-0.15, -0.1) is 0 Å². The van der Waals surface area contributed by atoms with E-state index in [2.05, 4.69) is 45.5 Å². The van der Waals surface area contributed by atoms with Gasteiger partial charge < -0.3 is 5.32 Å². The molecule has 2 heteroatoms. The summed E-state index contributed by atoms with van der Waals surface area (Å²) in [6.07, 6.45) is 11.1. The second-order valence-electron chi connectivity index (χ2n) is 6.52. The van der Waals surface area contributed by atoms with E-state index in [0.29, 0.717) is 5.41 Å². The zero-order chi connectivity index (χ0) is 13.1. The molecule has 1 N–H and O–H groups in total. The predicted molar refractivity (Wildman–Crippen MR) is 84.4 cm³/mol. The second kappa shape index (κ2) is 5.97. The number of benzene rings is 1. The molecule has 0 radical (unpaired) electrons. The van der Waals surface area contributed by atoms with E-state index in [1.807, 2.05) is 0 Å². The Morgan fingerprint density at radius 2 is 1.74 bits per heavy atom. The topological polar surface area (TPSA) is 12.0 Å². The summed E-state index contributed by atoms with van der Waals surface area (Å²) in [6.45, 7) is 1.23. The fourth-order valence-corrected chi connectivity index (χ4v) is 3.67. The zero-order valence-electron chi connectivity index (χ0n) is 11.6.